The molecule has 7 heteroatoms. The van der Waals surface area contributed by atoms with E-state index in [0.29, 0.717) is 11.3 Å². The van der Waals surface area contributed by atoms with Crippen molar-refractivity contribution in [3.05, 3.63) is 70.8 Å². The lowest BCUT2D eigenvalue weighted by Gasteiger charge is -2.08. The van der Waals surface area contributed by atoms with Gasteiger partial charge in [-0.3, -0.25) is 4.98 Å². The van der Waals surface area contributed by atoms with Crippen molar-refractivity contribution in [2.75, 3.05) is 12.8 Å². The Morgan fingerprint density at radius 3 is 2.46 bits per heavy atom. The van der Waals surface area contributed by atoms with Crippen LogP contribution in [0, 0.1) is 13.8 Å². The van der Waals surface area contributed by atoms with Crippen LogP contribution in [-0.2, 0) is 22.8 Å². The highest BCUT2D eigenvalue weighted by Gasteiger charge is 2.17. The van der Waals surface area contributed by atoms with E-state index < -0.39 is 9.84 Å². The van der Waals surface area contributed by atoms with E-state index in [0.717, 1.165) is 33.5 Å². The number of halogens is 1. The summed E-state index contributed by atoms with van der Waals surface area (Å²) in [7, 11) is -3.23. The predicted octanol–water partition coefficient (Wildman–Crippen LogP) is 3.46. The van der Waals surface area contributed by atoms with E-state index in [9.17, 15) is 12.8 Å². The molecule has 2 N–H and O–H groups in total. The summed E-state index contributed by atoms with van der Waals surface area (Å²) in [4.78, 5) is 4.97. The lowest BCUT2D eigenvalue weighted by atomic mass is 10.0. The SMILES string of the molecule is Cc1ccc2c(n1)c(Cc1ccc(S(C)(=O)=O)cc1)c(C)n2C/C(F)=C/CN. The number of pyridine rings is 1. The molecule has 0 aliphatic carbocycles. The minimum atomic E-state index is -3.23. The molecular formula is C21H24FN3O2S. The van der Waals surface area contributed by atoms with Gasteiger partial charge in [0.15, 0.2) is 9.84 Å². The van der Waals surface area contributed by atoms with E-state index in [-0.39, 0.29) is 18.9 Å². The molecule has 0 saturated carbocycles. The average molecular weight is 402 g/mol. The number of allylic oxidation sites excluding steroid dienone is 1. The molecule has 0 fully saturated rings. The summed E-state index contributed by atoms with van der Waals surface area (Å²) in [5, 5.41) is 0. The van der Waals surface area contributed by atoms with Crippen molar-refractivity contribution in [2.45, 2.75) is 31.7 Å². The first-order valence-electron chi connectivity index (χ1n) is 8.99. The zero-order chi connectivity index (χ0) is 20.5. The fourth-order valence-electron chi connectivity index (χ4n) is 3.32. The molecule has 5 nitrogen and oxygen atoms in total. The van der Waals surface area contributed by atoms with Crippen molar-refractivity contribution in [2.24, 2.45) is 5.73 Å². The van der Waals surface area contributed by atoms with Crippen molar-refractivity contribution in [3.63, 3.8) is 0 Å². The Balaban J connectivity index is 2.06. The van der Waals surface area contributed by atoms with Crippen LogP contribution in [0.15, 0.2) is 53.2 Å². The number of nitrogens with zero attached hydrogens (tertiary/aromatic N) is 2. The van der Waals surface area contributed by atoms with Crippen LogP contribution in [0.3, 0.4) is 0 Å². The van der Waals surface area contributed by atoms with Crippen LogP contribution < -0.4 is 5.73 Å². The first kappa shape index (κ1) is 20.2. The molecule has 1 aromatic carbocycles. The van der Waals surface area contributed by atoms with Crippen LogP contribution in [0.4, 0.5) is 4.39 Å². The molecule has 0 aliphatic heterocycles. The highest BCUT2D eigenvalue weighted by molar-refractivity contribution is 7.90. The van der Waals surface area contributed by atoms with Gasteiger partial charge in [0, 0.05) is 36.2 Å². The maximum atomic E-state index is 14.2. The summed E-state index contributed by atoms with van der Waals surface area (Å²) in [6.07, 6.45) is 3.14. The van der Waals surface area contributed by atoms with Crippen LogP contribution in [0.1, 0.15) is 22.5 Å². The predicted molar refractivity (Wildman–Crippen MR) is 110 cm³/mol. The second-order valence-electron chi connectivity index (χ2n) is 6.95. The molecule has 0 saturated heterocycles. The number of hydrogen-bond acceptors (Lipinski definition) is 4. The smallest absolute Gasteiger partial charge is 0.175 e. The Morgan fingerprint density at radius 2 is 1.86 bits per heavy atom. The molecule has 3 aromatic rings. The van der Waals surface area contributed by atoms with E-state index in [2.05, 4.69) is 4.98 Å². The van der Waals surface area contributed by atoms with Crippen LogP contribution in [-0.4, -0.2) is 30.8 Å². The fraction of sp³-hybridized carbons (Fsp3) is 0.286. The topological polar surface area (TPSA) is 78.0 Å². The zero-order valence-corrected chi connectivity index (χ0v) is 17.1. The van der Waals surface area contributed by atoms with Gasteiger partial charge in [-0.05, 0) is 49.8 Å². The quantitative estimate of drug-likeness (QED) is 0.686. The van der Waals surface area contributed by atoms with E-state index in [1.807, 2.05) is 42.7 Å². The normalized spacial score (nSPS) is 12.7. The Labute approximate surface area is 164 Å². The Bertz CT molecular complexity index is 1150. The van der Waals surface area contributed by atoms with Gasteiger partial charge in [-0.1, -0.05) is 12.1 Å². The lowest BCUT2D eigenvalue weighted by Crippen LogP contribution is -2.04. The molecule has 2 aromatic heterocycles. The Hall–Kier alpha value is -2.51. The maximum absolute atomic E-state index is 14.2. The summed E-state index contributed by atoms with van der Waals surface area (Å²) in [5.41, 5.74) is 10.9. The molecule has 0 amide bonds. The summed E-state index contributed by atoms with van der Waals surface area (Å²) >= 11 is 0. The maximum Gasteiger partial charge on any atom is 0.175 e. The van der Waals surface area contributed by atoms with Gasteiger partial charge in [0.05, 0.1) is 22.5 Å². The first-order chi connectivity index (χ1) is 13.2. The molecule has 0 unspecified atom stereocenters. The van der Waals surface area contributed by atoms with E-state index in [4.69, 9.17) is 5.73 Å². The van der Waals surface area contributed by atoms with Gasteiger partial charge in [0.1, 0.15) is 5.83 Å². The third-order valence-electron chi connectivity index (χ3n) is 4.81. The van der Waals surface area contributed by atoms with Crippen molar-refractivity contribution in [1.82, 2.24) is 9.55 Å². The zero-order valence-electron chi connectivity index (χ0n) is 16.2. The monoisotopic (exact) mass is 401 g/mol. The van der Waals surface area contributed by atoms with Crippen LogP contribution in [0.5, 0.6) is 0 Å². The molecule has 0 radical (unpaired) electrons. The fourth-order valence-corrected chi connectivity index (χ4v) is 3.95. The molecule has 0 bridgehead atoms. The summed E-state index contributed by atoms with van der Waals surface area (Å²) in [6, 6.07) is 10.7. The average Bonchev–Trinajstić information content (AvgIpc) is 2.87. The van der Waals surface area contributed by atoms with Gasteiger partial charge in [-0.2, -0.15) is 0 Å². The third-order valence-corrected chi connectivity index (χ3v) is 5.94. The second-order valence-corrected chi connectivity index (χ2v) is 8.97. The Kier molecular flexibility index (Phi) is 5.67. The Morgan fingerprint density at radius 1 is 1.18 bits per heavy atom. The highest BCUT2D eigenvalue weighted by Crippen LogP contribution is 2.28. The number of aromatic nitrogens is 2. The van der Waals surface area contributed by atoms with Crippen LogP contribution in [0.2, 0.25) is 0 Å². The van der Waals surface area contributed by atoms with Gasteiger partial charge in [-0.15, -0.1) is 0 Å². The molecule has 28 heavy (non-hydrogen) atoms. The first-order valence-corrected chi connectivity index (χ1v) is 10.9. The minimum absolute atomic E-state index is 0.108. The van der Waals surface area contributed by atoms with Crippen molar-refractivity contribution >= 4 is 20.9 Å². The summed E-state index contributed by atoms with van der Waals surface area (Å²) in [6.45, 7) is 4.14. The molecule has 3 rings (SSSR count). The van der Waals surface area contributed by atoms with Crippen LogP contribution >= 0.6 is 0 Å². The minimum Gasteiger partial charge on any atom is -0.336 e. The lowest BCUT2D eigenvalue weighted by molar-refractivity contribution is 0.554. The van der Waals surface area contributed by atoms with Crippen molar-refractivity contribution in [3.8, 4) is 0 Å². The van der Waals surface area contributed by atoms with Crippen molar-refractivity contribution < 1.29 is 12.8 Å². The number of aryl methyl sites for hydroxylation is 1. The summed E-state index contributed by atoms with van der Waals surface area (Å²) in [5.74, 6) is -0.285. The molecular weight excluding hydrogens is 377 g/mol. The largest absolute Gasteiger partial charge is 0.336 e. The molecule has 0 spiro atoms. The standard InChI is InChI=1S/C21H24FN3O2S/c1-14-4-9-20-21(24-14)19(15(2)25(20)13-17(22)10-11-23)12-16-5-7-18(8-6-16)28(3,26)27/h4-10H,11-13,23H2,1-3H3/b17-10-. The number of hydrogen-bond donors (Lipinski definition) is 1. The highest BCUT2D eigenvalue weighted by atomic mass is 32.2. The molecule has 0 atom stereocenters. The number of benzene rings is 1. The molecule has 0 aliphatic rings. The molecule has 148 valence electrons. The number of sulfone groups is 1. The summed E-state index contributed by atoms with van der Waals surface area (Å²) < 4.78 is 39.4. The second kappa shape index (κ2) is 7.85. The number of nitrogens with two attached hydrogens (primary N) is 1. The van der Waals surface area contributed by atoms with Gasteiger partial charge in [0.2, 0.25) is 0 Å². The van der Waals surface area contributed by atoms with E-state index in [1.165, 1.54) is 12.3 Å². The third kappa shape index (κ3) is 4.15. The van der Waals surface area contributed by atoms with Gasteiger partial charge >= 0.3 is 0 Å². The van der Waals surface area contributed by atoms with Gasteiger partial charge < -0.3 is 10.3 Å². The number of rotatable bonds is 6. The van der Waals surface area contributed by atoms with E-state index >= 15 is 0 Å². The van der Waals surface area contributed by atoms with E-state index in [1.54, 1.807) is 12.1 Å². The van der Waals surface area contributed by atoms with Crippen LogP contribution in [0.25, 0.3) is 11.0 Å². The van der Waals surface area contributed by atoms with Gasteiger partial charge in [0.25, 0.3) is 0 Å². The van der Waals surface area contributed by atoms with Crippen molar-refractivity contribution in [1.29, 1.82) is 0 Å². The molecule has 2 heterocycles. The van der Waals surface area contributed by atoms with Gasteiger partial charge in [-0.25, -0.2) is 12.8 Å². The number of fused-ring (bicyclic) bond motifs is 1.